The smallest absolute Gasteiger partial charge is 0.262 e. The van der Waals surface area contributed by atoms with Crippen LogP contribution in [0.1, 0.15) is 32.1 Å². The highest BCUT2D eigenvalue weighted by molar-refractivity contribution is 7.78. The van der Waals surface area contributed by atoms with E-state index in [2.05, 4.69) is 0 Å². The van der Waals surface area contributed by atoms with E-state index in [1.165, 1.54) is 0 Å². The number of imide groups is 1. The van der Waals surface area contributed by atoms with Crippen molar-refractivity contribution in [2.75, 3.05) is 0 Å². The maximum Gasteiger partial charge on any atom is 0.262 e. The first-order chi connectivity index (χ1) is 16.5. The molecule has 4 aromatic rings. The molecule has 5 rings (SSSR count). The SMILES string of the molecule is O=C1c2ccccc2C(=O)N1Cc1cccc(CP(=O)(c2ccccc2)c2ccccc2)[n+]1[O-]. The average molecular weight is 468 g/mol. The van der Waals surface area contributed by atoms with Crippen LogP contribution in [0.2, 0.25) is 0 Å². The Kier molecular flexibility index (Phi) is 5.60. The van der Waals surface area contributed by atoms with Crippen LogP contribution in [0.5, 0.6) is 0 Å². The van der Waals surface area contributed by atoms with Gasteiger partial charge >= 0.3 is 0 Å². The molecule has 2 amide bonds. The number of amides is 2. The number of benzene rings is 3. The van der Waals surface area contributed by atoms with Gasteiger partial charge in [-0.3, -0.25) is 14.5 Å². The summed E-state index contributed by atoms with van der Waals surface area (Å²) in [4.78, 5) is 26.6. The molecule has 6 nitrogen and oxygen atoms in total. The summed E-state index contributed by atoms with van der Waals surface area (Å²) in [6.45, 7) is -0.162. The first kappa shape index (κ1) is 21.8. The van der Waals surface area contributed by atoms with Gasteiger partial charge in [0.05, 0.1) is 17.3 Å². The van der Waals surface area contributed by atoms with Gasteiger partial charge in [-0.1, -0.05) is 72.8 Å². The van der Waals surface area contributed by atoms with Crippen molar-refractivity contribution in [3.63, 3.8) is 0 Å². The zero-order valence-electron chi connectivity index (χ0n) is 18.2. The van der Waals surface area contributed by atoms with Crippen LogP contribution >= 0.6 is 7.14 Å². The van der Waals surface area contributed by atoms with Gasteiger partial charge in [0.2, 0.25) is 11.4 Å². The Hall–Kier alpha value is -4.02. The predicted molar refractivity (Wildman–Crippen MR) is 130 cm³/mol. The van der Waals surface area contributed by atoms with Crippen LogP contribution in [-0.2, 0) is 17.3 Å². The van der Waals surface area contributed by atoms with E-state index in [1.54, 1.807) is 42.5 Å². The third-order valence-corrected chi connectivity index (χ3v) is 9.06. The van der Waals surface area contributed by atoms with Crippen LogP contribution in [0, 0.1) is 5.21 Å². The van der Waals surface area contributed by atoms with E-state index >= 15 is 0 Å². The molecule has 168 valence electrons. The summed E-state index contributed by atoms with van der Waals surface area (Å²) in [6, 6.07) is 29.8. The maximum absolute atomic E-state index is 14.4. The first-order valence-electron chi connectivity index (χ1n) is 10.8. The third kappa shape index (κ3) is 3.72. The van der Waals surface area contributed by atoms with Gasteiger partial charge in [-0.25, -0.2) is 0 Å². The van der Waals surface area contributed by atoms with E-state index in [1.807, 2.05) is 60.7 Å². The van der Waals surface area contributed by atoms with Gasteiger partial charge in [0.25, 0.3) is 11.8 Å². The molecule has 0 radical (unpaired) electrons. The Morgan fingerprint density at radius 2 is 1.12 bits per heavy atom. The third-order valence-electron chi connectivity index (χ3n) is 6.03. The molecule has 1 aliphatic heterocycles. The number of fused-ring (bicyclic) bond motifs is 1. The van der Waals surface area contributed by atoms with Crippen molar-refractivity contribution in [1.82, 2.24) is 4.90 Å². The molecule has 0 N–H and O–H groups in total. The Bertz CT molecular complexity index is 1360. The van der Waals surface area contributed by atoms with Crippen molar-refractivity contribution in [3.05, 3.63) is 131 Å². The van der Waals surface area contributed by atoms with E-state index in [4.69, 9.17) is 0 Å². The van der Waals surface area contributed by atoms with E-state index in [0.29, 0.717) is 32.2 Å². The number of hydrogen-bond acceptors (Lipinski definition) is 4. The van der Waals surface area contributed by atoms with Crippen LogP contribution in [-0.4, -0.2) is 16.7 Å². The Balaban J connectivity index is 1.50. The largest absolute Gasteiger partial charge is 0.618 e. The predicted octanol–water partition coefficient (Wildman–Crippen LogP) is 3.63. The minimum atomic E-state index is -3.17. The topological polar surface area (TPSA) is 81.4 Å². The molecule has 0 unspecified atom stereocenters. The standard InChI is InChI=1S/C27H21N2O4P/c30-26-24-16-7-8-17-25(24)27(31)28(26)18-20-10-9-11-21(29(20)32)19-34(33,22-12-3-1-4-13-22)23-14-5-2-6-15-23/h1-17H,18-19H2. The van der Waals surface area contributed by atoms with E-state index in [-0.39, 0.29) is 18.4 Å². The number of aromatic nitrogens is 1. The summed E-state index contributed by atoms with van der Waals surface area (Å²) in [6.07, 6.45) is 0.0144. The van der Waals surface area contributed by atoms with Crippen LogP contribution in [0.25, 0.3) is 0 Å². The van der Waals surface area contributed by atoms with E-state index in [9.17, 15) is 19.4 Å². The summed E-state index contributed by atoms with van der Waals surface area (Å²) in [7, 11) is -3.17. The monoisotopic (exact) mass is 468 g/mol. The number of nitrogens with zero attached hydrogens (tertiary/aromatic N) is 2. The van der Waals surface area contributed by atoms with E-state index < -0.39 is 19.0 Å². The summed E-state index contributed by atoms with van der Waals surface area (Å²) in [5.41, 5.74) is 1.21. The summed E-state index contributed by atoms with van der Waals surface area (Å²) >= 11 is 0. The second kappa shape index (κ2) is 8.73. The molecule has 0 saturated heterocycles. The van der Waals surface area contributed by atoms with Gasteiger partial charge in [-0.05, 0) is 18.2 Å². The fourth-order valence-corrected chi connectivity index (χ4v) is 6.93. The molecule has 1 aromatic heterocycles. The summed E-state index contributed by atoms with van der Waals surface area (Å²) in [5, 5.41) is 14.6. The zero-order chi connectivity index (χ0) is 23.7. The van der Waals surface area contributed by atoms with Crippen LogP contribution < -0.4 is 15.3 Å². The molecule has 7 heteroatoms. The Morgan fingerprint density at radius 3 is 1.65 bits per heavy atom. The molecule has 2 heterocycles. The first-order valence-corrected chi connectivity index (χ1v) is 12.7. The molecule has 0 spiro atoms. The van der Waals surface area contributed by atoms with Crippen molar-refractivity contribution in [2.24, 2.45) is 0 Å². The highest BCUT2D eigenvalue weighted by Crippen LogP contribution is 2.46. The molecule has 1 aliphatic rings. The average Bonchev–Trinajstić information content (AvgIpc) is 3.12. The highest BCUT2D eigenvalue weighted by Gasteiger charge is 2.37. The fraction of sp³-hybridized carbons (Fsp3) is 0.0741. The quantitative estimate of drug-likeness (QED) is 0.187. The maximum atomic E-state index is 14.4. The Labute approximate surface area is 197 Å². The fourth-order valence-electron chi connectivity index (χ4n) is 4.27. The highest BCUT2D eigenvalue weighted by atomic mass is 31.2. The lowest BCUT2D eigenvalue weighted by atomic mass is 10.1. The molecule has 0 saturated carbocycles. The summed E-state index contributed by atoms with van der Waals surface area (Å²) in [5.74, 6) is -0.851. The molecular formula is C27H21N2O4P. The van der Waals surface area contributed by atoms with Crippen LogP contribution in [0.3, 0.4) is 0 Å². The summed E-state index contributed by atoms with van der Waals surface area (Å²) < 4.78 is 15.1. The number of carbonyl (C=O) groups is 2. The lowest BCUT2D eigenvalue weighted by Crippen LogP contribution is -2.41. The van der Waals surface area contributed by atoms with Crippen LogP contribution in [0.15, 0.2) is 103 Å². The molecule has 0 atom stereocenters. The van der Waals surface area contributed by atoms with Crippen molar-refractivity contribution in [2.45, 2.75) is 12.7 Å². The number of hydrogen-bond donors (Lipinski definition) is 0. The van der Waals surface area contributed by atoms with Gasteiger partial charge < -0.3 is 9.77 Å². The van der Waals surface area contributed by atoms with Crippen molar-refractivity contribution in [3.8, 4) is 0 Å². The van der Waals surface area contributed by atoms with Crippen molar-refractivity contribution >= 4 is 29.6 Å². The molecule has 0 aliphatic carbocycles. The number of pyridine rings is 1. The van der Waals surface area contributed by atoms with Gasteiger partial charge in [0.1, 0.15) is 6.54 Å². The molecular weight excluding hydrogens is 447 g/mol. The zero-order valence-corrected chi connectivity index (χ0v) is 19.1. The number of rotatable bonds is 6. The van der Waals surface area contributed by atoms with Gasteiger partial charge in [0.15, 0.2) is 7.14 Å². The lowest BCUT2D eigenvalue weighted by molar-refractivity contribution is -0.622. The molecule has 0 fully saturated rings. The van der Waals surface area contributed by atoms with Gasteiger partial charge in [-0.15, -0.1) is 0 Å². The van der Waals surface area contributed by atoms with E-state index in [0.717, 1.165) is 4.90 Å². The molecule has 3 aromatic carbocycles. The van der Waals surface area contributed by atoms with Crippen LogP contribution in [0.4, 0.5) is 0 Å². The minimum Gasteiger partial charge on any atom is -0.618 e. The second-order valence-corrected chi connectivity index (χ2v) is 10.9. The second-order valence-electron chi connectivity index (χ2n) is 8.11. The van der Waals surface area contributed by atoms with Gasteiger partial charge in [-0.2, -0.15) is 4.73 Å². The lowest BCUT2D eigenvalue weighted by Gasteiger charge is -2.20. The minimum absolute atomic E-state index is 0.0144. The van der Waals surface area contributed by atoms with Crippen molar-refractivity contribution in [1.29, 1.82) is 0 Å². The number of carbonyl (C=O) groups excluding carboxylic acids is 2. The molecule has 0 bridgehead atoms. The normalized spacial score (nSPS) is 13.2. The van der Waals surface area contributed by atoms with Gasteiger partial charge in [0, 0.05) is 22.7 Å². The Morgan fingerprint density at radius 1 is 0.647 bits per heavy atom. The molecule has 34 heavy (non-hydrogen) atoms. The van der Waals surface area contributed by atoms with Crippen molar-refractivity contribution < 1.29 is 18.9 Å².